The number of carbonyl (C=O) groups excluding carboxylic acids is 2. The van der Waals surface area contributed by atoms with E-state index in [-0.39, 0.29) is 11.8 Å². The second-order valence-corrected chi connectivity index (χ2v) is 8.21. The number of nitrogens with zero attached hydrogens (tertiary/aromatic N) is 5. The van der Waals surface area contributed by atoms with E-state index in [0.717, 1.165) is 67.6 Å². The first-order valence-electron chi connectivity index (χ1n) is 10.3. The van der Waals surface area contributed by atoms with Crippen LogP contribution in [0.25, 0.3) is 11.0 Å². The van der Waals surface area contributed by atoms with Crippen LogP contribution < -0.4 is 0 Å². The molecule has 150 valence electrons. The highest BCUT2D eigenvalue weighted by Gasteiger charge is 2.52. The Hall–Kier alpha value is -2.44. The topological polar surface area (TPSA) is 71.3 Å². The van der Waals surface area contributed by atoms with Gasteiger partial charge in [0.25, 0.3) is 5.91 Å². The minimum absolute atomic E-state index is 0.0594. The molecular formula is C21H29N5O2. The summed E-state index contributed by atoms with van der Waals surface area (Å²) in [5, 5.41) is 5.26. The molecule has 0 N–H and O–H groups in total. The van der Waals surface area contributed by atoms with E-state index >= 15 is 0 Å². The van der Waals surface area contributed by atoms with Crippen LogP contribution in [0.4, 0.5) is 0 Å². The molecule has 2 aromatic heterocycles. The van der Waals surface area contributed by atoms with Crippen LogP contribution in [0.5, 0.6) is 0 Å². The Bertz CT molecular complexity index is 948. The second-order valence-electron chi connectivity index (χ2n) is 8.21. The summed E-state index contributed by atoms with van der Waals surface area (Å²) in [4.78, 5) is 35.5. The number of aromatic nitrogens is 3. The Morgan fingerprint density at radius 2 is 1.93 bits per heavy atom. The molecule has 0 bridgehead atoms. The van der Waals surface area contributed by atoms with Crippen LogP contribution in [0.15, 0.2) is 6.07 Å². The molecule has 4 rings (SSSR count). The Morgan fingerprint density at radius 1 is 1.21 bits per heavy atom. The van der Waals surface area contributed by atoms with Crippen LogP contribution in [0.3, 0.4) is 0 Å². The highest BCUT2D eigenvalue weighted by molar-refractivity contribution is 6.08. The maximum Gasteiger partial charge on any atom is 0.255 e. The van der Waals surface area contributed by atoms with Gasteiger partial charge in [0.2, 0.25) is 5.91 Å². The van der Waals surface area contributed by atoms with Crippen LogP contribution in [0.1, 0.15) is 60.8 Å². The first-order chi connectivity index (χ1) is 13.4. The fraction of sp³-hybridized carbons (Fsp3) is 0.619. The van der Waals surface area contributed by atoms with Gasteiger partial charge in [0.05, 0.1) is 16.6 Å². The third kappa shape index (κ3) is 2.71. The lowest BCUT2D eigenvalue weighted by atomic mass is 9.84. The third-order valence-electron chi connectivity index (χ3n) is 6.26. The van der Waals surface area contributed by atoms with Crippen LogP contribution in [-0.2, 0) is 11.8 Å². The summed E-state index contributed by atoms with van der Waals surface area (Å²) in [6.45, 7) is 8.10. The quantitative estimate of drug-likeness (QED) is 0.817. The number of pyridine rings is 1. The van der Waals surface area contributed by atoms with Crippen LogP contribution >= 0.6 is 0 Å². The Balaban J connectivity index is 1.78. The van der Waals surface area contributed by atoms with E-state index in [1.165, 1.54) is 0 Å². The summed E-state index contributed by atoms with van der Waals surface area (Å²) >= 11 is 0. The number of likely N-dealkylation sites (tertiary alicyclic amines) is 2. The summed E-state index contributed by atoms with van der Waals surface area (Å²) in [5.41, 5.74) is 2.25. The van der Waals surface area contributed by atoms with Gasteiger partial charge >= 0.3 is 0 Å². The van der Waals surface area contributed by atoms with Gasteiger partial charge in [0.1, 0.15) is 5.54 Å². The van der Waals surface area contributed by atoms with Crippen molar-refractivity contribution in [1.29, 1.82) is 0 Å². The standard InChI is InChI=1S/C21H29N5O2/c1-5-10-25-11-6-8-21(20(25)28)9-7-12-26(21)19(27)16-13-14(2)22-18-17(16)15(3)23-24(18)4/h13H,5-12H2,1-4H3. The van der Waals surface area contributed by atoms with Crippen molar-refractivity contribution < 1.29 is 9.59 Å². The lowest BCUT2D eigenvalue weighted by Crippen LogP contribution is -2.61. The summed E-state index contributed by atoms with van der Waals surface area (Å²) in [5.74, 6) is 0.0761. The molecule has 1 spiro atoms. The largest absolute Gasteiger partial charge is 0.341 e. The van der Waals surface area contributed by atoms with Crippen molar-refractivity contribution in [3.8, 4) is 0 Å². The SMILES string of the molecule is CCCN1CCCC2(CCCN2C(=O)c2cc(C)nc3c2c(C)nn3C)C1=O. The van der Waals surface area contributed by atoms with E-state index in [1.54, 1.807) is 4.68 Å². The van der Waals surface area contributed by atoms with Crippen molar-refractivity contribution in [2.75, 3.05) is 19.6 Å². The minimum Gasteiger partial charge on any atom is -0.341 e. The average Bonchev–Trinajstić information content (AvgIpc) is 3.20. The van der Waals surface area contributed by atoms with Crippen LogP contribution in [0.2, 0.25) is 0 Å². The molecule has 28 heavy (non-hydrogen) atoms. The molecule has 2 amide bonds. The van der Waals surface area contributed by atoms with Crippen molar-refractivity contribution in [3.05, 3.63) is 23.0 Å². The number of piperidine rings is 1. The van der Waals surface area contributed by atoms with E-state index in [2.05, 4.69) is 17.0 Å². The number of hydrogen-bond donors (Lipinski definition) is 0. The predicted octanol–water partition coefficient (Wildman–Crippen LogP) is 2.59. The van der Waals surface area contributed by atoms with Gasteiger partial charge in [0.15, 0.2) is 5.65 Å². The molecule has 7 heteroatoms. The fourth-order valence-corrected chi connectivity index (χ4v) is 5.09. The fourth-order valence-electron chi connectivity index (χ4n) is 5.09. The van der Waals surface area contributed by atoms with Gasteiger partial charge < -0.3 is 9.80 Å². The molecule has 0 aromatic carbocycles. The Kier molecular flexibility index (Phi) is 4.63. The second kappa shape index (κ2) is 6.87. The van der Waals surface area contributed by atoms with Crippen molar-refractivity contribution in [1.82, 2.24) is 24.6 Å². The predicted molar refractivity (Wildman–Crippen MR) is 107 cm³/mol. The maximum atomic E-state index is 13.7. The molecule has 0 radical (unpaired) electrons. The zero-order valence-electron chi connectivity index (χ0n) is 17.3. The zero-order chi connectivity index (χ0) is 20.1. The third-order valence-corrected chi connectivity index (χ3v) is 6.26. The molecular weight excluding hydrogens is 354 g/mol. The van der Waals surface area contributed by atoms with Gasteiger partial charge in [-0.3, -0.25) is 14.3 Å². The van der Waals surface area contributed by atoms with Crippen LogP contribution in [-0.4, -0.2) is 61.6 Å². The number of fused-ring (bicyclic) bond motifs is 1. The van der Waals surface area contributed by atoms with Crippen molar-refractivity contribution in [2.45, 2.75) is 58.4 Å². The number of carbonyl (C=O) groups is 2. The smallest absolute Gasteiger partial charge is 0.255 e. The molecule has 7 nitrogen and oxygen atoms in total. The Labute approximate surface area is 165 Å². The van der Waals surface area contributed by atoms with Crippen LogP contribution in [0, 0.1) is 13.8 Å². The lowest BCUT2D eigenvalue weighted by Gasteiger charge is -2.44. The van der Waals surface area contributed by atoms with Gasteiger partial charge in [-0.2, -0.15) is 5.10 Å². The summed E-state index contributed by atoms with van der Waals surface area (Å²) < 4.78 is 1.73. The molecule has 1 unspecified atom stereocenters. The molecule has 2 saturated heterocycles. The first kappa shape index (κ1) is 18.9. The van der Waals surface area contributed by atoms with Gasteiger partial charge in [0, 0.05) is 32.4 Å². The highest BCUT2D eigenvalue weighted by atomic mass is 16.2. The monoisotopic (exact) mass is 383 g/mol. The summed E-state index contributed by atoms with van der Waals surface area (Å²) in [6, 6.07) is 1.85. The van der Waals surface area contributed by atoms with Gasteiger partial charge in [-0.05, 0) is 52.0 Å². The molecule has 4 heterocycles. The normalized spacial score (nSPS) is 22.6. The first-order valence-corrected chi connectivity index (χ1v) is 10.3. The summed E-state index contributed by atoms with van der Waals surface area (Å²) in [7, 11) is 1.85. The molecule has 1 atom stereocenters. The molecule has 2 aliphatic rings. The molecule has 0 aliphatic carbocycles. The van der Waals surface area contributed by atoms with E-state index < -0.39 is 5.54 Å². The summed E-state index contributed by atoms with van der Waals surface area (Å²) in [6.07, 6.45) is 4.28. The van der Waals surface area contributed by atoms with Crippen molar-refractivity contribution in [2.24, 2.45) is 7.05 Å². The number of amides is 2. The van der Waals surface area contributed by atoms with E-state index in [4.69, 9.17) is 0 Å². The van der Waals surface area contributed by atoms with E-state index in [9.17, 15) is 9.59 Å². The number of aryl methyl sites for hydroxylation is 3. The molecule has 2 aliphatic heterocycles. The lowest BCUT2D eigenvalue weighted by molar-refractivity contribution is -0.145. The highest BCUT2D eigenvalue weighted by Crippen LogP contribution is 2.40. The maximum absolute atomic E-state index is 13.7. The minimum atomic E-state index is -0.676. The van der Waals surface area contributed by atoms with Crippen molar-refractivity contribution in [3.63, 3.8) is 0 Å². The molecule has 0 saturated carbocycles. The molecule has 2 aromatic rings. The zero-order valence-corrected chi connectivity index (χ0v) is 17.3. The van der Waals surface area contributed by atoms with E-state index in [0.29, 0.717) is 12.1 Å². The van der Waals surface area contributed by atoms with Gasteiger partial charge in [-0.25, -0.2) is 4.98 Å². The van der Waals surface area contributed by atoms with Gasteiger partial charge in [-0.15, -0.1) is 0 Å². The number of hydrogen-bond acceptors (Lipinski definition) is 4. The van der Waals surface area contributed by atoms with Crippen molar-refractivity contribution >= 4 is 22.8 Å². The van der Waals surface area contributed by atoms with Gasteiger partial charge in [-0.1, -0.05) is 6.92 Å². The molecule has 2 fully saturated rings. The average molecular weight is 383 g/mol. The van der Waals surface area contributed by atoms with E-state index in [1.807, 2.05) is 36.8 Å². The number of rotatable bonds is 3. The Morgan fingerprint density at radius 3 is 2.64 bits per heavy atom.